The molecule has 1 rings (SSSR count). The van der Waals surface area contributed by atoms with E-state index in [2.05, 4.69) is 10.6 Å². The Morgan fingerprint density at radius 3 is 2.40 bits per heavy atom. The van der Waals surface area contributed by atoms with Crippen molar-refractivity contribution in [3.8, 4) is 0 Å². The van der Waals surface area contributed by atoms with E-state index in [1.807, 2.05) is 13.8 Å². The smallest absolute Gasteiger partial charge is 0.315 e. The van der Waals surface area contributed by atoms with Crippen molar-refractivity contribution in [2.24, 2.45) is 0 Å². The summed E-state index contributed by atoms with van der Waals surface area (Å²) in [5.74, 6) is 0. The molecule has 1 aliphatic rings. The number of carbonyl (C=O) groups is 1. The first kappa shape index (κ1) is 12.3. The highest BCUT2D eigenvalue weighted by Crippen LogP contribution is 2.27. The van der Waals surface area contributed by atoms with Crippen LogP contribution in [0.5, 0.6) is 0 Å². The highest BCUT2D eigenvalue weighted by molar-refractivity contribution is 5.75. The summed E-state index contributed by atoms with van der Waals surface area (Å²) in [7, 11) is 0. The van der Waals surface area contributed by atoms with Gasteiger partial charge in [-0.05, 0) is 26.7 Å². The molecule has 0 aromatic heterocycles. The first-order valence-corrected chi connectivity index (χ1v) is 5.77. The number of hydrogen-bond acceptors (Lipinski definition) is 2. The highest BCUT2D eigenvalue weighted by atomic mass is 16.3. The molecule has 4 heteroatoms. The Morgan fingerprint density at radius 2 is 1.93 bits per heavy atom. The Hall–Kier alpha value is -0.770. The molecule has 0 aromatic carbocycles. The molecule has 2 amide bonds. The summed E-state index contributed by atoms with van der Waals surface area (Å²) in [6, 6.07) is -0.0368. The number of rotatable bonds is 3. The predicted molar refractivity (Wildman–Crippen MR) is 59.7 cm³/mol. The Labute approximate surface area is 91.4 Å². The third-order valence-electron chi connectivity index (χ3n) is 2.91. The number of aliphatic hydroxyl groups excluding tert-OH is 1. The summed E-state index contributed by atoms with van der Waals surface area (Å²) >= 11 is 0. The van der Waals surface area contributed by atoms with Gasteiger partial charge in [0.05, 0.1) is 12.1 Å². The van der Waals surface area contributed by atoms with Crippen LogP contribution in [0, 0.1) is 0 Å². The molecule has 0 bridgehead atoms. The highest BCUT2D eigenvalue weighted by Gasteiger charge is 2.32. The van der Waals surface area contributed by atoms with Crippen LogP contribution in [0.4, 0.5) is 4.79 Å². The topological polar surface area (TPSA) is 61.4 Å². The number of urea groups is 1. The summed E-state index contributed by atoms with van der Waals surface area (Å²) in [5, 5.41) is 15.1. The fourth-order valence-corrected chi connectivity index (χ4v) is 2.09. The standard InChI is InChI=1S/C11H22N2O2/c1-9(2)12-10(15)13-11(8-14)6-4-3-5-7-11/h9,14H,3-8H2,1-2H3,(H2,12,13,15). The molecule has 0 spiro atoms. The van der Waals surface area contributed by atoms with Crippen LogP contribution in [0.3, 0.4) is 0 Å². The zero-order valence-electron chi connectivity index (χ0n) is 9.68. The van der Waals surface area contributed by atoms with Crippen molar-refractivity contribution in [3.05, 3.63) is 0 Å². The Kier molecular flexibility index (Phi) is 4.39. The summed E-state index contributed by atoms with van der Waals surface area (Å²) in [5.41, 5.74) is -0.378. The summed E-state index contributed by atoms with van der Waals surface area (Å²) in [4.78, 5) is 11.6. The molecule has 1 fully saturated rings. The third kappa shape index (κ3) is 3.70. The molecule has 0 saturated heterocycles. The molecule has 4 nitrogen and oxygen atoms in total. The van der Waals surface area contributed by atoms with E-state index in [9.17, 15) is 9.90 Å². The largest absolute Gasteiger partial charge is 0.394 e. The molecule has 1 aliphatic carbocycles. The molecule has 0 atom stereocenters. The minimum absolute atomic E-state index is 0.0402. The molecule has 15 heavy (non-hydrogen) atoms. The predicted octanol–water partition coefficient (Wildman–Crippen LogP) is 1.39. The van der Waals surface area contributed by atoms with Gasteiger partial charge < -0.3 is 15.7 Å². The molecular weight excluding hydrogens is 192 g/mol. The van der Waals surface area contributed by atoms with E-state index < -0.39 is 0 Å². The number of nitrogens with one attached hydrogen (secondary N) is 2. The number of amides is 2. The van der Waals surface area contributed by atoms with Crippen LogP contribution in [0.1, 0.15) is 46.0 Å². The summed E-state index contributed by atoms with van der Waals surface area (Å²) < 4.78 is 0. The summed E-state index contributed by atoms with van der Waals surface area (Å²) in [6.45, 7) is 3.89. The van der Waals surface area contributed by atoms with E-state index in [-0.39, 0.29) is 24.2 Å². The Bertz CT molecular complexity index is 211. The van der Waals surface area contributed by atoms with Gasteiger partial charge in [0, 0.05) is 6.04 Å². The van der Waals surface area contributed by atoms with Gasteiger partial charge in [-0.2, -0.15) is 0 Å². The van der Waals surface area contributed by atoms with Crippen molar-refractivity contribution >= 4 is 6.03 Å². The van der Waals surface area contributed by atoms with E-state index in [4.69, 9.17) is 0 Å². The van der Waals surface area contributed by atoms with Gasteiger partial charge in [-0.15, -0.1) is 0 Å². The van der Waals surface area contributed by atoms with Gasteiger partial charge in [-0.25, -0.2) is 4.79 Å². The maximum atomic E-state index is 11.6. The maximum Gasteiger partial charge on any atom is 0.315 e. The SMILES string of the molecule is CC(C)NC(=O)NC1(CO)CCCCC1. The lowest BCUT2D eigenvalue weighted by Gasteiger charge is -2.36. The van der Waals surface area contributed by atoms with Gasteiger partial charge in [0.15, 0.2) is 0 Å². The molecule has 0 unspecified atom stereocenters. The quantitative estimate of drug-likeness (QED) is 0.665. The summed E-state index contributed by atoms with van der Waals surface area (Å²) in [6.07, 6.45) is 5.14. The van der Waals surface area contributed by atoms with Crippen molar-refractivity contribution in [3.63, 3.8) is 0 Å². The van der Waals surface area contributed by atoms with E-state index in [1.54, 1.807) is 0 Å². The zero-order valence-corrected chi connectivity index (χ0v) is 9.68. The molecule has 0 aliphatic heterocycles. The normalized spacial score (nSPS) is 20.0. The van der Waals surface area contributed by atoms with Crippen LogP contribution in [0.2, 0.25) is 0 Å². The van der Waals surface area contributed by atoms with Crippen molar-refractivity contribution in [2.45, 2.75) is 57.5 Å². The van der Waals surface area contributed by atoms with Crippen LogP contribution in [0.15, 0.2) is 0 Å². The van der Waals surface area contributed by atoms with Gasteiger partial charge in [0.25, 0.3) is 0 Å². The average molecular weight is 214 g/mol. The zero-order chi connectivity index (χ0) is 11.3. The molecule has 0 aromatic rings. The first-order valence-electron chi connectivity index (χ1n) is 5.77. The second kappa shape index (κ2) is 5.35. The minimum Gasteiger partial charge on any atom is -0.394 e. The fourth-order valence-electron chi connectivity index (χ4n) is 2.09. The first-order chi connectivity index (χ1) is 7.08. The van der Waals surface area contributed by atoms with Crippen molar-refractivity contribution < 1.29 is 9.90 Å². The molecule has 0 heterocycles. The average Bonchev–Trinajstić information content (AvgIpc) is 2.17. The lowest BCUT2D eigenvalue weighted by molar-refractivity contribution is 0.125. The van der Waals surface area contributed by atoms with Crippen molar-refractivity contribution in [1.82, 2.24) is 10.6 Å². The van der Waals surface area contributed by atoms with Crippen LogP contribution in [0.25, 0.3) is 0 Å². The van der Waals surface area contributed by atoms with Crippen LogP contribution in [-0.4, -0.2) is 29.3 Å². The van der Waals surface area contributed by atoms with Crippen molar-refractivity contribution in [2.75, 3.05) is 6.61 Å². The fraction of sp³-hybridized carbons (Fsp3) is 0.909. The minimum atomic E-state index is -0.378. The van der Waals surface area contributed by atoms with Crippen LogP contribution < -0.4 is 10.6 Å². The molecular formula is C11H22N2O2. The van der Waals surface area contributed by atoms with E-state index >= 15 is 0 Å². The second-order valence-corrected chi connectivity index (χ2v) is 4.75. The third-order valence-corrected chi connectivity index (χ3v) is 2.91. The molecule has 3 N–H and O–H groups in total. The van der Waals surface area contributed by atoms with E-state index in [0.29, 0.717) is 0 Å². The lowest BCUT2D eigenvalue weighted by atomic mass is 9.82. The molecule has 88 valence electrons. The molecule has 1 saturated carbocycles. The van der Waals surface area contributed by atoms with Crippen LogP contribution >= 0.6 is 0 Å². The van der Waals surface area contributed by atoms with E-state index in [1.165, 1.54) is 6.42 Å². The van der Waals surface area contributed by atoms with Gasteiger partial charge in [0.1, 0.15) is 0 Å². The van der Waals surface area contributed by atoms with Gasteiger partial charge in [0.2, 0.25) is 0 Å². The van der Waals surface area contributed by atoms with Crippen LogP contribution in [-0.2, 0) is 0 Å². The Morgan fingerprint density at radius 1 is 1.33 bits per heavy atom. The lowest BCUT2D eigenvalue weighted by Crippen LogP contribution is -2.56. The number of hydrogen-bond donors (Lipinski definition) is 3. The second-order valence-electron chi connectivity index (χ2n) is 4.75. The number of aliphatic hydroxyl groups is 1. The van der Waals surface area contributed by atoms with Gasteiger partial charge in [-0.3, -0.25) is 0 Å². The maximum absolute atomic E-state index is 11.6. The number of carbonyl (C=O) groups excluding carboxylic acids is 1. The van der Waals surface area contributed by atoms with Crippen molar-refractivity contribution in [1.29, 1.82) is 0 Å². The molecule has 0 radical (unpaired) electrons. The van der Waals surface area contributed by atoms with E-state index in [0.717, 1.165) is 25.7 Å². The monoisotopic (exact) mass is 214 g/mol. The Balaban J connectivity index is 2.47. The van der Waals surface area contributed by atoms with Gasteiger partial charge in [-0.1, -0.05) is 19.3 Å². The van der Waals surface area contributed by atoms with Gasteiger partial charge >= 0.3 is 6.03 Å².